The molecule has 0 aromatic heterocycles. The zero-order valence-electron chi connectivity index (χ0n) is 10.1. The number of guanidine groups is 1. The average molecular weight is 314 g/mol. The summed E-state index contributed by atoms with van der Waals surface area (Å²) in [6.07, 6.45) is 12.7. The van der Waals surface area contributed by atoms with E-state index in [1.165, 1.54) is 0 Å². The monoisotopic (exact) mass is 313 g/mol. The van der Waals surface area contributed by atoms with Crippen LogP contribution in [0.4, 0.5) is 5.69 Å². The number of halogens is 1. The Balaban J connectivity index is 1.72. The molecule has 1 aromatic carbocycles. The van der Waals surface area contributed by atoms with Gasteiger partial charge in [0.05, 0.1) is 12.1 Å². The van der Waals surface area contributed by atoms with E-state index in [4.69, 9.17) is 4.99 Å². The van der Waals surface area contributed by atoms with E-state index in [9.17, 15) is 0 Å². The van der Waals surface area contributed by atoms with Crippen LogP contribution in [0.1, 0.15) is 0 Å². The van der Waals surface area contributed by atoms with E-state index in [1.54, 1.807) is 0 Å². The zero-order valence-corrected chi connectivity index (χ0v) is 11.7. The van der Waals surface area contributed by atoms with Crippen LogP contribution < -0.4 is 4.90 Å². The Morgan fingerprint density at radius 3 is 2.89 bits per heavy atom. The fraction of sp³-hybridized carbons (Fsp3) is 0.133. The van der Waals surface area contributed by atoms with Gasteiger partial charge in [-0.15, -0.1) is 0 Å². The van der Waals surface area contributed by atoms with Gasteiger partial charge in [0.1, 0.15) is 0 Å². The molecule has 0 spiro atoms. The van der Waals surface area contributed by atoms with Crippen LogP contribution in [0.25, 0.3) is 0 Å². The van der Waals surface area contributed by atoms with Crippen LogP contribution in [-0.4, -0.2) is 22.9 Å². The molecule has 0 amide bonds. The van der Waals surface area contributed by atoms with Crippen molar-refractivity contribution in [2.45, 2.75) is 12.1 Å². The lowest BCUT2D eigenvalue weighted by Crippen LogP contribution is -2.36. The van der Waals surface area contributed by atoms with Gasteiger partial charge in [-0.25, -0.2) is 4.99 Å². The summed E-state index contributed by atoms with van der Waals surface area (Å²) >= 11 is 3.52. The second-order valence-corrected chi connectivity index (χ2v) is 5.65. The summed E-state index contributed by atoms with van der Waals surface area (Å²) in [7, 11) is 0. The summed E-state index contributed by atoms with van der Waals surface area (Å²) in [5.41, 5.74) is 1.12. The van der Waals surface area contributed by atoms with Crippen LogP contribution in [-0.2, 0) is 0 Å². The Bertz CT molecular complexity index is 645. The van der Waals surface area contributed by atoms with Crippen LogP contribution in [0.15, 0.2) is 70.4 Å². The molecule has 0 saturated heterocycles. The highest BCUT2D eigenvalue weighted by Gasteiger charge is 2.38. The van der Waals surface area contributed by atoms with Crippen LogP contribution in [0.3, 0.4) is 0 Å². The van der Waals surface area contributed by atoms with Gasteiger partial charge in [-0.05, 0) is 18.2 Å². The lowest BCUT2D eigenvalue weighted by molar-refractivity contribution is 0.481. The molecule has 3 aliphatic rings. The molecule has 1 aromatic rings. The first-order valence-corrected chi connectivity index (χ1v) is 7.06. The molecule has 2 heterocycles. The van der Waals surface area contributed by atoms with Gasteiger partial charge in [0.15, 0.2) is 0 Å². The fourth-order valence-electron chi connectivity index (χ4n) is 2.68. The number of aliphatic imine (C=N–C) groups is 1. The molecule has 1 aliphatic carbocycles. The number of fused-ring (bicyclic) bond motifs is 3. The van der Waals surface area contributed by atoms with Crippen LogP contribution in [0.2, 0.25) is 0 Å². The summed E-state index contributed by atoms with van der Waals surface area (Å²) < 4.78 is 1.08. The summed E-state index contributed by atoms with van der Waals surface area (Å²) in [6, 6.07) is 8.83. The maximum atomic E-state index is 4.81. The number of benzene rings is 1. The van der Waals surface area contributed by atoms with Crippen molar-refractivity contribution in [3.8, 4) is 0 Å². The number of hydrogen-bond donors (Lipinski definition) is 0. The third-order valence-electron chi connectivity index (χ3n) is 3.57. The fourth-order valence-corrected chi connectivity index (χ4v) is 3.07. The Morgan fingerprint density at radius 1 is 1.11 bits per heavy atom. The maximum absolute atomic E-state index is 4.81. The van der Waals surface area contributed by atoms with E-state index < -0.39 is 0 Å². The van der Waals surface area contributed by atoms with Crippen molar-refractivity contribution in [2.75, 3.05) is 4.90 Å². The summed E-state index contributed by atoms with van der Waals surface area (Å²) in [4.78, 5) is 9.17. The minimum atomic E-state index is 0.236. The molecule has 4 rings (SSSR count). The number of anilines is 1. The van der Waals surface area contributed by atoms with Crippen molar-refractivity contribution in [1.82, 2.24) is 4.90 Å². The van der Waals surface area contributed by atoms with Gasteiger partial charge < -0.3 is 4.90 Å². The molecule has 2 aliphatic heterocycles. The van der Waals surface area contributed by atoms with Crippen LogP contribution in [0.5, 0.6) is 0 Å². The molecule has 0 saturated carbocycles. The summed E-state index contributed by atoms with van der Waals surface area (Å²) in [6.45, 7) is 0. The first-order chi connectivity index (χ1) is 9.33. The van der Waals surface area contributed by atoms with Crippen LogP contribution >= 0.6 is 15.9 Å². The zero-order chi connectivity index (χ0) is 12.8. The number of nitrogens with zero attached hydrogens (tertiary/aromatic N) is 3. The SMILES string of the molecule is Brc1cccc(N2C=CN3C2=NC2C=CC=CC23)c1. The predicted octanol–water partition coefficient (Wildman–Crippen LogP) is 3.28. The van der Waals surface area contributed by atoms with Crippen LogP contribution in [0, 0.1) is 0 Å². The summed E-state index contributed by atoms with van der Waals surface area (Å²) in [5.74, 6) is 1.00. The molecular weight excluding hydrogens is 302 g/mol. The van der Waals surface area contributed by atoms with Gasteiger partial charge >= 0.3 is 0 Å². The van der Waals surface area contributed by atoms with Gasteiger partial charge in [0.2, 0.25) is 5.96 Å². The average Bonchev–Trinajstić information content (AvgIpc) is 2.97. The molecule has 2 unspecified atom stereocenters. The lowest BCUT2D eigenvalue weighted by Gasteiger charge is -2.23. The highest BCUT2D eigenvalue weighted by molar-refractivity contribution is 9.10. The van der Waals surface area contributed by atoms with E-state index in [-0.39, 0.29) is 6.04 Å². The molecule has 0 bridgehead atoms. The van der Waals surface area contributed by atoms with E-state index in [0.29, 0.717) is 6.04 Å². The Hall–Kier alpha value is -1.81. The lowest BCUT2D eigenvalue weighted by atomic mass is 10.0. The Labute approximate surface area is 120 Å². The highest BCUT2D eigenvalue weighted by Crippen LogP contribution is 2.32. The van der Waals surface area contributed by atoms with Gasteiger partial charge in [0.25, 0.3) is 0 Å². The molecule has 0 N–H and O–H groups in total. The second-order valence-electron chi connectivity index (χ2n) is 4.74. The van der Waals surface area contributed by atoms with E-state index in [0.717, 1.165) is 16.1 Å². The van der Waals surface area contributed by atoms with Gasteiger partial charge in [-0.1, -0.05) is 46.3 Å². The molecule has 3 nitrogen and oxygen atoms in total. The van der Waals surface area contributed by atoms with E-state index in [2.05, 4.69) is 74.6 Å². The van der Waals surface area contributed by atoms with Crippen molar-refractivity contribution >= 4 is 27.6 Å². The van der Waals surface area contributed by atoms with Crippen molar-refractivity contribution in [1.29, 1.82) is 0 Å². The highest BCUT2D eigenvalue weighted by atomic mass is 79.9. The minimum Gasteiger partial charge on any atom is -0.308 e. The normalized spacial score (nSPS) is 26.7. The molecule has 94 valence electrons. The van der Waals surface area contributed by atoms with E-state index in [1.807, 2.05) is 12.1 Å². The molecular formula is C15H12BrN3. The molecule has 4 heteroatoms. The first-order valence-electron chi connectivity index (χ1n) is 6.27. The van der Waals surface area contributed by atoms with E-state index >= 15 is 0 Å². The Morgan fingerprint density at radius 2 is 2.00 bits per heavy atom. The molecule has 0 fully saturated rings. The van der Waals surface area contributed by atoms with Crippen molar-refractivity contribution in [3.05, 3.63) is 65.4 Å². The van der Waals surface area contributed by atoms with Crippen molar-refractivity contribution < 1.29 is 0 Å². The van der Waals surface area contributed by atoms with Crippen molar-refractivity contribution in [3.63, 3.8) is 0 Å². The quantitative estimate of drug-likeness (QED) is 0.792. The molecule has 0 radical (unpaired) electrons. The van der Waals surface area contributed by atoms with Gasteiger partial charge in [0, 0.05) is 22.6 Å². The maximum Gasteiger partial charge on any atom is 0.210 e. The van der Waals surface area contributed by atoms with Gasteiger partial charge in [-0.2, -0.15) is 0 Å². The minimum absolute atomic E-state index is 0.236. The van der Waals surface area contributed by atoms with Crippen molar-refractivity contribution in [2.24, 2.45) is 4.99 Å². The number of hydrogen-bond acceptors (Lipinski definition) is 3. The van der Waals surface area contributed by atoms with Gasteiger partial charge in [-0.3, -0.25) is 4.90 Å². The smallest absolute Gasteiger partial charge is 0.210 e. The Kier molecular flexibility index (Phi) is 2.38. The molecule has 19 heavy (non-hydrogen) atoms. The number of allylic oxidation sites excluding steroid dienone is 2. The summed E-state index contributed by atoms with van der Waals surface area (Å²) in [5, 5.41) is 0. The molecule has 2 atom stereocenters. The second kappa shape index (κ2) is 4.10. The largest absolute Gasteiger partial charge is 0.308 e. The predicted molar refractivity (Wildman–Crippen MR) is 80.9 cm³/mol. The number of rotatable bonds is 1. The topological polar surface area (TPSA) is 18.8 Å². The first kappa shape index (κ1) is 11.1. The third-order valence-corrected chi connectivity index (χ3v) is 4.07. The third kappa shape index (κ3) is 1.67. The standard InChI is InChI=1S/C15H12BrN3/c16-11-4-3-5-12(10-11)18-8-9-19-14-7-2-1-6-13(14)17-15(18)19/h1-10,13-14H.